The average Bonchev–Trinajstić information content (AvgIpc) is 1.54. The first-order valence-corrected chi connectivity index (χ1v) is 45.4. The normalized spacial score (nSPS) is 11.1. The topological polar surface area (TPSA) is 199 Å². The summed E-state index contributed by atoms with van der Waals surface area (Å²) in [5.41, 5.74) is 19.7. The summed E-state index contributed by atoms with van der Waals surface area (Å²) in [6.45, 7) is 43.0. The van der Waals surface area contributed by atoms with Crippen molar-refractivity contribution in [3.63, 3.8) is 0 Å². The number of aromatic nitrogens is 16. The second-order valence-electron chi connectivity index (χ2n) is 35.8. The van der Waals surface area contributed by atoms with E-state index >= 15 is 0 Å². The molecule has 0 N–H and O–H groups in total. The Balaban J connectivity index is 0.000000164. The molecule has 0 aliphatic rings. The van der Waals surface area contributed by atoms with E-state index in [0.717, 1.165) is 102 Å². The summed E-state index contributed by atoms with van der Waals surface area (Å²) in [7, 11) is 0. The molecule has 0 amide bonds. The monoisotopic (exact) mass is 2610 g/mol. The van der Waals surface area contributed by atoms with Gasteiger partial charge in [-0.3, -0.25) is 48.7 Å². The number of halogens is 2. The molecule has 20 aromatic rings. The number of benzene rings is 4. The quantitative estimate of drug-likeness (QED) is 0.0661. The van der Waals surface area contributed by atoms with Gasteiger partial charge >= 0.3 is 84.3 Å². The molecule has 0 spiro atoms. The van der Waals surface area contributed by atoms with Crippen molar-refractivity contribution in [2.75, 3.05) is 0 Å². The van der Waals surface area contributed by atoms with Crippen LogP contribution in [0.15, 0.2) is 315 Å². The van der Waals surface area contributed by atoms with Crippen LogP contribution in [0.2, 0.25) is 0 Å². The summed E-state index contributed by atoms with van der Waals surface area (Å²) in [4.78, 5) is 46.1. The Kier molecular flexibility index (Phi) is 33.5. The number of hydrogen-bond acceptors (Lipinski definition) is 10. The Labute approximate surface area is 896 Å². The maximum Gasteiger partial charge on any atom is 2.00 e. The Hall–Kier alpha value is -15.1. The van der Waals surface area contributed by atoms with Gasteiger partial charge in [-0.25, -0.2) is 15.4 Å². The number of pyridine rings is 8. The Morgan fingerprint density at radius 2 is 0.521 bits per heavy atom. The Morgan fingerprint density at radius 1 is 0.271 bits per heavy atom. The van der Waals surface area contributed by atoms with Crippen LogP contribution >= 0.6 is 0 Å². The van der Waals surface area contributed by atoms with Crippen molar-refractivity contribution in [3.8, 4) is 103 Å². The standard InChI is InChI=1S/C45H34N4.C25H14N8.C25H26N4.C23H20F2N4.4Pt/c1-45(2,39-25-15-27-41(46-39)48-31-29-37(33-17-7-3-8-18-33)43(48)35-21-11-5-12-22-35)40-26-16-28-42(47-40)49-32-30-38(34-19-9-4-10-20-34)44(49)36-23-13-6-14-24-36;1-25(2,20-7-5-9-22(30-20)32-13-11-17(15-26)19(32)16-27)21-8-6-10-23(31-21)33-14-12-18(28-3)24(33)29-4;1-17-13-15-28(19(17)3)23-11-7-9-21(26-23)25(5,6)22-10-8-12-24(27-22)29-16-14-18(2)20(29)4;1-15-11-13-28(21(15)24)19-9-5-7-17(26-19)23(3,4)18-8-6-10-20(27-18)29-14-12-16(2)22(29)25;;;;/h3-30H,1-2H3;5-12H,1-2H3;7-14H,1-6H3;5-12H,1-4H3;;;;/q4*-2;4*+2. The number of nitriles is 2. The van der Waals surface area contributed by atoms with Gasteiger partial charge in [0, 0.05) is 85.2 Å². The fourth-order valence-electron chi connectivity index (χ4n) is 16.5. The fourth-order valence-corrected chi connectivity index (χ4v) is 16.5. The smallest absolute Gasteiger partial charge is 0.433 e. The van der Waals surface area contributed by atoms with Crippen LogP contribution in [-0.4, -0.2) is 76.4 Å². The third kappa shape index (κ3) is 21.6. The van der Waals surface area contributed by atoms with Gasteiger partial charge in [0.2, 0.25) is 0 Å². The van der Waals surface area contributed by atoms with Gasteiger partial charge in [0.05, 0.1) is 58.7 Å². The zero-order chi connectivity index (χ0) is 98.3. The van der Waals surface area contributed by atoms with Gasteiger partial charge < -0.3 is 41.4 Å². The van der Waals surface area contributed by atoms with Crippen LogP contribution in [0.4, 0.5) is 20.3 Å². The van der Waals surface area contributed by atoms with E-state index in [4.69, 9.17) is 43.0 Å². The molecule has 16 aromatic heterocycles. The molecular formula is C118H94F2N20Pt4. The van der Waals surface area contributed by atoms with Crippen molar-refractivity contribution in [1.29, 1.82) is 10.5 Å². The molecule has 720 valence electrons. The third-order valence-electron chi connectivity index (χ3n) is 25.3. The van der Waals surface area contributed by atoms with E-state index in [2.05, 4.69) is 291 Å². The van der Waals surface area contributed by atoms with E-state index in [1.165, 1.54) is 41.5 Å². The van der Waals surface area contributed by atoms with E-state index < -0.39 is 16.2 Å². The molecule has 144 heavy (non-hydrogen) atoms. The van der Waals surface area contributed by atoms with Crippen molar-refractivity contribution in [2.45, 2.75) is 119 Å². The first kappa shape index (κ1) is 106. The van der Waals surface area contributed by atoms with Crippen molar-refractivity contribution >= 4 is 11.5 Å². The molecule has 0 radical (unpaired) electrons. The van der Waals surface area contributed by atoms with Crippen molar-refractivity contribution in [3.05, 3.63) is 490 Å². The molecule has 0 atom stereocenters. The molecule has 0 unspecified atom stereocenters. The summed E-state index contributed by atoms with van der Waals surface area (Å²) in [6.07, 6.45) is 25.1. The minimum absolute atomic E-state index is 0. The van der Waals surface area contributed by atoms with Gasteiger partial charge in [-0.2, -0.15) is 0 Å². The van der Waals surface area contributed by atoms with Gasteiger partial charge in [0.25, 0.3) is 11.5 Å². The van der Waals surface area contributed by atoms with Crippen LogP contribution in [-0.2, 0) is 106 Å². The van der Waals surface area contributed by atoms with Crippen molar-refractivity contribution in [1.82, 2.24) is 76.4 Å². The van der Waals surface area contributed by atoms with Crippen LogP contribution in [0.25, 0.3) is 101 Å². The van der Waals surface area contributed by atoms with E-state index in [1.807, 2.05) is 158 Å². The Bertz CT molecular complexity index is 7470. The number of aryl methyl sites for hydroxylation is 4. The maximum atomic E-state index is 14.3. The summed E-state index contributed by atoms with van der Waals surface area (Å²) < 4.78 is 42.3. The fraction of sp³-hybridized carbons (Fsp3) is 0.153. The summed E-state index contributed by atoms with van der Waals surface area (Å²) in [5, 5.41) is 18.7. The summed E-state index contributed by atoms with van der Waals surface area (Å²) in [6, 6.07) is 107. The van der Waals surface area contributed by atoms with E-state index in [1.54, 1.807) is 50.2 Å². The predicted octanol–water partition coefficient (Wildman–Crippen LogP) is 25.6. The predicted molar refractivity (Wildman–Crippen MR) is 540 cm³/mol. The first-order chi connectivity index (χ1) is 67.6. The average molecular weight is 2610 g/mol. The molecule has 20 rings (SSSR count). The zero-order valence-electron chi connectivity index (χ0n) is 81.0. The van der Waals surface area contributed by atoms with Gasteiger partial charge in [0.1, 0.15) is 12.4 Å². The van der Waals surface area contributed by atoms with Gasteiger partial charge in [-0.1, -0.05) is 349 Å². The molecule has 20 nitrogen and oxygen atoms in total. The summed E-state index contributed by atoms with van der Waals surface area (Å²) >= 11 is 0. The maximum absolute atomic E-state index is 14.3. The largest absolute Gasteiger partial charge is 2.00 e. The minimum Gasteiger partial charge on any atom is -0.433 e. The Morgan fingerprint density at radius 3 is 0.785 bits per heavy atom. The zero-order valence-corrected chi connectivity index (χ0v) is 90.1. The van der Waals surface area contributed by atoms with Crippen LogP contribution in [0.1, 0.15) is 146 Å². The van der Waals surface area contributed by atoms with Crippen LogP contribution < -0.4 is 0 Å². The molecule has 0 aliphatic heterocycles. The van der Waals surface area contributed by atoms with Gasteiger partial charge in [-0.05, 0) is 122 Å². The second-order valence-corrected chi connectivity index (χ2v) is 35.8. The molecular weight excluding hydrogens is 2520 g/mol. The van der Waals surface area contributed by atoms with Crippen LogP contribution in [0.3, 0.4) is 0 Å². The first-order valence-electron chi connectivity index (χ1n) is 45.4. The van der Waals surface area contributed by atoms with Crippen molar-refractivity contribution in [2.24, 2.45) is 0 Å². The number of nitrogens with zero attached hydrogens (tertiary/aromatic N) is 20. The van der Waals surface area contributed by atoms with E-state index in [9.17, 15) is 19.3 Å². The van der Waals surface area contributed by atoms with Crippen LogP contribution in [0.5, 0.6) is 0 Å². The second kappa shape index (κ2) is 45.4. The SMILES string of the molecule is CC(C)(c1cccc(-n2[c-]cc(-c3ccccc3)c2-c2ccccc2)n1)c1cccc(-n2[c-]cc(-c3ccccc3)c2-c2ccccc2)n1.Cc1c[c-]n(-c2cccc(C(C)(C)c3cccc(-n4[c-]cc(C)c4C)n3)n2)c1C.Cc1c[c-]n(-c2cccc(C(C)(C)c3cccc(-n4[c-]cc(C)c4F)n3)n2)c1F.[C-]#[N+]c1c[c-]n(-c2cccc(C(C)(C)c3cccc(-n4[c-]cc(C#N)c4C#N)n3)n2)c1[N+]#[C-].[Pt+2].[Pt+2].[Pt+2].[Pt+2]. The van der Waals surface area contributed by atoms with Gasteiger partial charge in [-0.15, -0.1) is 75.8 Å². The molecule has 26 heteroatoms. The van der Waals surface area contributed by atoms with E-state index in [0.29, 0.717) is 57.2 Å². The number of rotatable bonds is 20. The summed E-state index contributed by atoms with van der Waals surface area (Å²) in [5.74, 6) is 4.57. The molecule has 4 aromatic carbocycles. The van der Waals surface area contributed by atoms with Crippen molar-refractivity contribution < 1.29 is 93.0 Å². The minimum atomic E-state index is -0.641. The molecule has 16 heterocycles. The third-order valence-corrected chi connectivity index (χ3v) is 25.3. The molecule has 0 saturated heterocycles. The molecule has 0 fully saturated rings. The van der Waals surface area contributed by atoms with Gasteiger partial charge in [0.15, 0.2) is 0 Å². The molecule has 0 bridgehead atoms. The molecule has 0 saturated carbocycles. The van der Waals surface area contributed by atoms with Crippen LogP contribution in [0, 0.1) is 139 Å². The van der Waals surface area contributed by atoms with E-state index in [-0.39, 0.29) is 124 Å². The molecule has 0 aliphatic carbocycles. The number of hydrogen-bond donors (Lipinski definition) is 0.